The molecule has 0 aliphatic heterocycles. The molecule has 0 aromatic rings. The van der Waals surface area contributed by atoms with Crippen LogP contribution in [0.15, 0.2) is 11.6 Å². The lowest BCUT2D eigenvalue weighted by Crippen LogP contribution is -2.50. The van der Waals surface area contributed by atoms with Crippen molar-refractivity contribution in [2.24, 2.45) is 28.6 Å². The van der Waals surface area contributed by atoms with Crippen molar-refractivity contribution in [2.45, 2.75) is 70.6 Å². The van der Waals surface area contributed by atoms with Gasteiger partial charge in [0.2, 0.25) is 0 Å². The zero-order chi connectivity index (χ0) is 14.8. The van der Waals surface area contributed by atoms with E-state index in [0.29, 0.717) is 22.5 Å². The molecule has 2 heteroatoms. The second kappa shape index (κ2) is 4.60. The Balaban J connectivity index is 1.69. The van der Waals surface area contributed by atoms with Gasteiger partial charge in [-0.1, -0.05) is 25.5 Å². The lowest BCUT2D eigenvalue weighted by molar-refractivity contribution is -0.131. The number of alkyl halides is 1. The van der Waals surface area contributed by atoms with Crippen molar-refractivity contribution < 1.29 is 4.79 Å². The van der Waals surface area contributed by atoms with E-state index in [-0.39, 0.29) is 5.41 Å². The average Bonchev–Trinajstić information content (AvgIpc) is 2.76. The second-order valence-electron chi connectivity index (χ2n) is 8.52. The first-order valence-corrected chi connectivity index (χ1v) is 9.26. The quantitative estimate of drug-likeness (QED) is 0.448. The Morgan fingerprint density at radius 2 is 1.81 bits per heavy atom. The lowest BCUT2D eigenvalue weighted by atomic mass is 9.48. The van der Waals surface area contributed by atoms with Crippen molar-refractivity contribution in [2.75, 3.05) is 0 Å². The molecule has 0 saturated heterocycles. The molecule has 4 rings (SSSR count). The summed E-state index contributed by atoms with van der Waals surface area (Å²) in [7, 11) is 0. The summed E-state index contributed by atoms with van der Waals surface area (Å²) in [6.45, 7) is 4.76. The fourth-order valence-electron chi connectivity index (χ4n) is 6.39. The Morgan fingerprint density at radius 3 is 2.62 bits per heavy atom. The van der Waals surface area contributed by atoms with E-state index in [0.717, 1.165) is 37.5 Å². The minimum Gasteiger partial charge on any atom is -0.299 e. The number of fused-ring (bicyclic) bond motifs is 5. The summed E-state index contributed by atoms with van der Waals surface area (Å²) in [5.74, 6) is 2.74. The van der Waals surface area contributed by atoms with Crippen LogP contribution in [0.5, 0.6) is 0 Å². The second-order valence-corrected chi connectivity index (χ2v) is 9.13. The maximum atomic E-state index is 12.4. The Labute approximate surface area is 133 Å². The molecule has 4 aliphatic carbocycles. The zero-order valence-corrected chi connectivity index (χ0v) is 14.1. The third-order valence-electron chi connectivity index (χ3n) is 7.75. The fourth-order valence-corrected chi connectivity index (χ4v) is 6.66. The Morgan fingerprint density at radius 1 is 1.10 bits per heavy atom. The van der Waals surface area contributed by atoms with E-state index in [9.17, 15) is 4.79 Å². The van der Waals surface area contributed by atoms with Gasteiger partial charge in [0.15, 0.2) is 0 Å². The van der Waals surface area contributed by atoms with Gasteiger partial charge in [-0.05, 0) is 68.1 Å². The summed E-state index contributed by atoms with van der Waals surface area (Å²) in [6.07, 6.45) is 11.6. The van der Waals surface area contributed by atoms with Crippen molar-refractivity contribution in [3.8, 4) is 0 Å². The molecule has 0 bridgehead atoms. The van der Waals surface area contributed by atoms with Gasteiger partial charge in [-0.3, -0.25) is 4.79 Å². The lowest BCUT2D eigenvalue weighted by Gasteiger charge is -2.56. The van der Waals surface area contributed by atoms with Gasteiger partial charge in [-0.15, -0.1) is 11.6 Å². The van der Waals surface area contributed by atoms with Crippen LogP contribution in [0, 0.1) is 28.6 Å². The van der Waals surface area contributed by atoms with E-state index < -0.39 is 0 Å². The van der Waals surface area contributed by atoms with Gasteiger partial charge in [-0.25, -0.2) is 0 Å². The average molecular weight is 307 g/mol. The van der Waals surface area contributed by atoms with E-state index in [1.807, 2.05) is 0 Å². The molecule has 6 atom stereocenters. The SMILES string of the molecule is C[C@]12CC[C@H](Cl)CC1=CC[C@@H]1[C@@H]2CC[C@]2(C)C(=O)CC[C@@H]12. The van der Waals surface area contributed by atoms with Gasteiger partial charge >= 0.3 is 0 Å². The summed E-state index contributed by atoms with van der Waals surface area (Å²) < 4.78 is 0. The van der Waals surface area contributed by atoms with Crippen LogP contribution in [0.1, 0.15) is 65.2 Å². The molecule has 0 aromatic heterocycles. The topological polar surface area (TPSA) is 17.1 Å². The van der Waals surface area contributed by atoms with E-state index in [1.165, 1.54) is 25.7 Å². The van der Waals surface area contributed by atoms with Crippen molar-refractivity contribution in [3.05, 3.63) is 11.6 Å². The van der Waals surface area contributed by atoms with Crippen LogP contribution in [0.2, 0.25) is 0 Å². The summed E-state index contributed by atoms with van der Waals surface area (Å²) in [4.78, 5) is 12.4. The molecule has 0 aromatic carbocycles. The number of ketones is 1. The number of hydrogen-bond acceptors (Lipinski definition) is 1. The molecule has 0 amide bonds. The van der Waals surface area contributed by atoms with Gasteiger partial charge in [0.25, 0.3) is 0 Å². The predicted molar refractivity (Wildman–Crippen MR) is 86.4 cm³/mol. The fraction of sp³-hybridized carbons (Fsp3) is 0.842. The molecule has 0 spiro atoms. The maximum absolute atomic E-state index is 12.4. The first-order chi connectivity index (χ1) is 9.95. The number of carbonyl (C=O) groups excluding carboxylic acids is 1. The van der Waals surface area contributed by atoms with E-state index in [2.05, 4.69) is 19.9 Å². The molecule has 3 saturated carbocycles. The largest absolute Gasteiger partial charge is 0.299 e. The minimum absolute atomic E-state index is 0.00650. The standard InChI is InChI=1S/C19H27ClO/c1-18-9-7-13(20)11-12(18)3-4-14-15-5-6-17(21)19(15,2)10-8-16(14)18/h3,13-16H,4-11H2,1-2H3/t13-,14-,15-,16-,18-,19-/m0/s1. The number of carbonyl (C=O) groups is 1. The Bertz CT molecular complexity index is 510. The van der Waals surface area contributed by atoms with Gasteiger partial charge in [0.1, 0.15) is 5.78 Å². The first kappa shape index (κ1) is 14.3. The minimum atomic E-state index is 0.00650. The van der Waals surface area contributed by atoms with Crippen LogP contribution in [0.4, 0.5) is 0 Å². The third kappa shape index (κ3) is 1.85. The number of Topliss-reactive ketones (excluding diaryl/α,β-unsaturated/α-hetero) is 1. The Hall–Kier alpha value is -0.300. The molecular formula is C19H27ClO. The summed E-state index contributed by atoms with van der Waals surface area (Å²) >= 11 is 6.42. The van der Waals surface area contributed by atoms with Gasteiger partial charge in [0.05, 0.1) is 0 Å². The number of allylic oxidation sites excluding steroid dienone is 2. The highest BCUT2D eigenvalue weighted by Gasteiger charge is 2.58. The molecule has 4 aliphatic rings. The van der Waals surface area contributed by atoms with Crippen molar-refractivity contribution >= 4 is 17.4 Å². The van der Waals surface area contributed by atoms with Crippen molar-refractivity contribution in [3.63, 3.8) is 0 Å². The van der Waals surface area contributed by atoms with Crippen LogP contribution in [-0.4, -0.2) is 11.2 Å². The van der Waals surface area contributed by atoms with Crippen LogP contribution >= 0.6 is 11.6 Å². The van der Waals surface area contributed by atoms with E-state index in [1.54, 1.807) is 5.57 Å². The van der Waals surface area contributed by atoms with Crippen LogP contribution < -0.4 is 0 Å². The van der Waals surface area contributed by atoms with Crippen LogP contribution in [-0.2, 0) is 4.79 Å². The number of halogens is 1. The summed E-state index contributed by atoms with van der Waals surface area (Å²) in [6, 6.07) is 0. The van der Waals surface area contributed by atoms with E-state index in [4.69, 9.17) is 11.6 Å². The summed E-state index contributed by atoms with van der Waals surface area (Å²) in [5, 5.41) is 0.350. The highest BCUT2D eigenvalue weighted by molar-refractivity contribution is 6.20. The van der Waals surface area contributed by atoms with Crippen molar-refractivity contribution in [1.82, 2.24) is 0 Å². The monoisotopic (exact) mass is 306 g/mol. The number of hydrogen-bond donors (Lipinski definition) is 0. The molecule has 0 radical (unpaired) electrons. The molecular weight excluding hydrogens is 280 g/mol. The summed E-state index contributed by atoms with van der Waals surface area (Å²) in [5.41, 5.74) is 2.02. The van der Waals surface area contributed by atoms with Gasteiger partial charge < -0.3 is 0 Å². The smallest absolute Gasteiger partial charge is 0.139 e. The van der Waals surface area contributed by atoms with Crippen molar-refractivity contribution in [1.29, 1.82) is 0 Å². The van der Waals surface area contributed by atoms with Crippen LogP contribution in [0.3, 0.4) is 0 Å². The molecule has 3 fully saturated rings. The first-order valence-electron chi connectivity index (χ1n) is 8.82. The molecule has 1 nitrogen and oxygen atoms in total. The number of rotatable bonds is 0. The molecule has 0 heterocycles. The normalized spacial score (nSPS) is 52.7. The molecule has 0 N–H and O–H groups in total. The van der Waals surface area contributed by atoms with Crippen LogP contribution in [0.25, 0.3) is 0 Å². The highest BCUT2D eigenvalue weighted by atomic mass is 35.5. The molecule has 0 unspecified atom stereocenters. The molecule has 116 valence electrons. The molecule has 21 heavy (non-hydrogen) atoms. The predicted octanol–water partition coefficient (Wildman–Crippen LogP) is 5.13. The van der Waals surface area contributed by atoms with Gasteiger partial charge in [0, 0.05) is 17.2 Å². The van der Waals surface area contributed by atoms with E-state index >= 15 is 0 Å². The highest BCUT2D eigenvalue weighted by Crippen LogP contribution is 2.64. The third-order valence-corrected chi connectivity index (χ3v) is 8.13. The maximum Gasteiger partial charge on any atom is 0.139 e. The Kier molecular flexibility index (Phi) is 3.13. The van der Waals surface area contributed by atoms with Gasteiger partial charge in [-0.2, -0.15) is 0 Å². The zero-order valence-electron chi connectivity index (χ0n) is 13.3.